The van der Waals surface area contributed by atoms with Crippen LogP contribution in [0.2, 0.25) is 0 Å². The van der Waals surface area contributed by atoms with Gasteiger partial charge in [0.05, 0.1) is 5.69 Å². The summed E-state index contributed by atoms with van der Waals surface area (Å²) in [5.74, 6) is -0.392. The van der Waals surface area contributed by atoms with Crippen LogP contribution in [-0.2, 0) is 4.79 Å². The van der Waals surface area contributed by atoms with E-state index < -0.39 is 23.6 Å². The second-order valence-electron chi connectivity index (χ2n) is 8.11. The molecule has 0 saturated carbocycles. The topological polar surface area (TPSA) is 68.5 Å². The Morgan fingerprint density at radius 1 is 0.909 bits per heavy atom. The number of furan rings is 1. The first-order chi connectivity index (χ1) is 15.8. The van der Waals surface area contributed by atoms with Crippen LogP contribution in [0.3, 0.4) is 0 Å². The number of benzene rings is 3. The van der Waals surface area contributed by atoms with E-state index in [0.717, 1.165) is 0 Å². The molecule has 1 aromatic heterocycles. The van der Waals surface area contributed by atoms with Gasteiger partial charge >= 0.3 is 0 Å². The fraction of sp³-hybridized carbons (Fsp3) is 0.185. The Morgan fingerprint density at radius 2 is 1.58 bits per heavy atom. The third-order valence-electron chi connectivity index (χ3n) is 5.39. The monoisotopic (exact) mass is 445 g/mol. The molecule has 0 fully saturated rings. The summed E-state index contributed by atoms with van der Waals surface area (Å²) in [4.78, 5) is 26.0. The lowest BCUT2D eigenvalue weighted by Gasteiger charge is -2.15. The molecule has 4 aromatic rings. The SMILES string of the molecule is CC(C)c1ccc(O[C@H](C)C(=O)Nc2c(C(=O)c3ccc(F)cc3)oc3ccccc23)cc1. The fourth-order valence-corrected chi connectivity index (χ4v) is 3.48. The van der Waals surface area contributed by atoms with Gasteiger partial charge in [0, 0.05) is 10.9 Å². The zero-order valence-corrected chi connectivity index (χ0v) is 18.6. The van der Waals surface area contributed by atoms with E-state index in [1.165, 1.54) is 29.8 Å². The number of carbonyl (C=O) groups is 2. The molecule has 4 rings (SSSR count). The molecule has 0 saturated heterocycles. The standard InChI is InChI=1S/C27H24FNO4/c1-16(2)18-10-14-21(15-11-18)32-17(3)27(31)29-24-22-6-4-5-7-23(22)33-26(24)25(30)19-8-12-20(28)13-9-19/h4-17H,1-3H3,(H,29,31)/t17-/m1/s1. The molecule has 1 amide bonds. The molecule has 0 aliphatic rings. The number of nitrogens with one attached hydrogen (secondary N) is 1. The van der Waals surface area contributed by atoms with Crippen molar-refractivity contribution in [3.05, 3.63) is 95.5 Å². The second-order valence-corrected chi connectivity index (χ2v) is 8.11. The number of rotatable bonds is 7. The van der Waals surface area contributed by atoms with E-state index in [0.29, 0.717) is 22.6 Å². The second kappa shape index (κ2) is 9.28. The van der Waals surface area contributed by atoms with Crippen LogP contribution >= 0.6 is 0 Å². The van der Waals surface area contributed by atoms with Gasteiger partial charge in [-0.2, -0.15) is 0 Å². The summed E-state index contributed by atoms with van der Waals surface area (Å²) >= 11 is 0. The lowest BCUT2D eigenvalue weighted by Crippen LogP contribution is -2.30. The summed E-state index contributed by atoms with van der Waals surface area (Å²) in [6, 6.07) is 19.8. The first-order valence-electron chi connectivity index (χ1n) is 10.7. The van der Waals surface area contributed by atoms with E-state index in [1.54, 1.807) is 31.2 Å². The highest BCUT2D eigenvalue weighted by Gasteiger charge is 2.25. The first-order valence-corrected chi connectivity index (χ1v) is 10.7. The molecule has 0 aliphatic carbocycles. The predicted molar refractivity (Wildman–Crippen MR) is 125 cm³/mol. The molecule has 1 heterocycles. The lowest BCUT2D eigenvalue weighted by atomic mass is 10.0. The summed E-state index contributed by atoms with van der Waals surface area (Å²) < 4.78 is 24.9. The van der Waals surface area contributed by atoms with Gasteiger partial charge < -0.3 is 14.5 Å². The number of ketones is 1. The van der Waals surface area contributed by atoms with Crippen LogP contribution < -0.4 is 10.1 Å². The van der Waals surface area contributed by atoms with Crippen molar-refractivity contribution in [2.45, 2.75) is 32.8 Å². The molecule has 0 radical (unpaired) electrons. The molecule has 1 atom stereocenters. The van der Waals surface area contributed by atoms with Crippen molar-refractivity contribution in [3.8, 4) is 5.75 Å². The number of amides is 1. The van der Waals surface area contributed by atoms with Gasteiger partial charge in [-0.05, 0) is 66.9 Å². The molecular weight excluding hydrogens is 421 g/mol. The van der Waals surface area contributed by atoms with Crippen LogP contribution in [0.1, 0.15) is 48.4 Å². The van der Waals surface area contributed by atoms with Crippen molar-refractivity contribution in [1.82, 2.24) is 0 Å². The van der Waals surface area contributed by atoms with Gasteiger partial charge in [0.1, 0.15) is 17.1 Å². The summed E-state index contributed by atoms with van der Waals surface area (Å²) in [7, 11) is 0. The average molecular weight is 445 g/mol. The van der Waals surface area contributed by atoms with Gasteiger partial charge in [-0.3, -0.25) is 9.59 Å². The quantitative estimate of drug-likeness (QED) is 0.337. The Labute approximate surface area is 191 Å². The lowest BCUT2D eigenvalue weighted by molar-refractivity contribution is -0.122. The molecule has 0 spiro atoms. The summed E-state index contributed by atoms with van der Waals surface area (Å²) in [6.07, 6.45) is -0.822. The average Bonchev–Trinajstić information content (AvgIpc) is 3.17. The van der Waals surface area contributed by atoms with Crippen LogP contribution in [0.15, 0.2) is 77.2 Å². The maximum atomic E-state index is 13.3. The maximum absolute atomic E-state index is 13.3. The number of anilines is 1. The van der Waals surface area contributed by atoms with E-state index in [-0.39, 0.29) is 17.0 Å². The Morgan fingerprint density at radius 3 is 2.24 bits per heavy atom. The van der Waals surface area contributed by atoms with Crippen molar-refractivity contribution in [3.63, 3.8) is 0 Å². The van der Waals surface area contributed by atoms with Crippen LogP contribution in [0.4, 0.5) is 10.1 Å². The number of fused-ring (bicyclic) bond motifs is 1. The normalized spacial score (nSPS) is 12.0. The van der Waals surface area contributed by atoms with Gasteiger partial charge in [-0.15, -0.1) is 0 Å². The minimum Gasteiger partial charge on any atom is -0.481 e. The zero-order chi connectivity index (χ0) is 23.5. The number of hydrogen-bond acceptors (Lipinski definition) is 4. The van der Waals surface area contributed by atoms with Crippen LogP contribution in [0.5, 0.6) is 5.75 Å². The van der Waals surface area contributed by atoms with E-state index in [2.05, 4.69) is 19.2 Å². The predicted octanol–water partition coefficient (Wildman–Crippen LogP) is 6.33. The Hall–Kier alpha value is -3.93. The third-order valence-corrected chi connectivity index (χ3v) is 5.39. The molecule has 0 bridgehead atoms. The number of para-hydroxylation sites is 1. The molecular formula is C27H24FNO4. The smallest absolute Gasteiger partial charge is 0.265 e. The number of hydrogen-bond donors (Lipinski definition) is 1. The number of carbonyl (C=O) groups excluding carboxylic acids is 2. The highest BCUT2D eigenvalue weighted by Crippen LogP contribution is 2.33. The van der Waals surface area contributed by atoms with Crippen molar-refractivity contribution in [1.29, 1.82) is 0 Å². The molecule has 33 heavy (non-hydrogen) atoms. The minimum atomic E-state index is -0.822. The fourth-order valence-electron chi connectivity index (χ4n) is 3.48. The van der Waals surface area contributed by atoms with Crippen molar-refractivity contribution in [2.24, 2.45) is 0 Å². The third kappa shape index (κ3) is 4.80. The molecule has 5 nitrogen and oxygen atoms in total. The Balaban J connectivity index is 1.59. The van der Waals surface area contributed by atoms with Crippen molar-refractivity contribution < 1.29 is 23.1 Å². The van der Waals surface area contributed by atoms with Gasteiger partial charge in [0.25, 0.3) is 5.91 Å². The van der Waals surface area contributed by atoms with Crippen molar-refractivity contribution >= 4 is 28.3 Å². The van der Waals surface area contributed by atoms with Crippen LogP contribution in [0.25, 0.3) is 11.0 Å². The first kappa shape index (κ1) is 22.3. The minimum absolute atomic E-state index is 0.0235. The summed E-state index contributed by atoms with van der Waals surface area (Å²) in [5.41, 5.74) is 2.14. The number of ether oxygens (including phenoxy) is 1. The number of halogens is 1. The van der Waals surface area contributed by atoms with Gasteiger partial charge in [-0.1, -0.05) is 38.1 Å². The highest BCUT2D eigenvalue weighted by atomic mass is 19.1. The van der Waals surface area contributed by atoms with E-state index in [9.17, 15) is 14.0 Å². The molecule has 0 unspecified atom stereocenters. The molecule has 168 valence electrons. The van der Waals surface area contributed by atoms with Gasteiger partial charge in [0.15, 0.2) is 11.9 Å². The molecule has 6 heteroatoms. The summed E-state index contributed by atoms with van der Waals surface area (Å²) in [6.45, 7) is 5.84. The van der Waals surface area contributed by atoms with E-state index in [4.69, 9.17) is 9.15 Å². The Bertz CT molecular complexity index is 1290. The van der Waals surface area contributed by atoms with Crippen LogP contribution in [0, 0.1) is 5.82 Å². The van der Waals surface area contributed by atoms with Gasteiger partial charge in [0.2, 0.25) is 5.78 Å². The highest BCUT2D eigenvalue weighted by molar-refractivity contribution is 6.17. The Kier molecular flexibility index (Phi) is 6.27. The maximum Gasteiger partial charge on any atom is 0.265 e. The zero-order valence-electron chi connectivity index (χ0n) is 18.6. The largest absolute Gasteiger partial charge is 0.481 e. The van der Waals surface area contributed by atoms with Crippen LogP contribution in [-0.4, -0.2) is 17.8 Å². The van der Waals surface area contributed by atoms with E-state index in [1.807, 2.05) is 24.3 Å². The van der Waals surface area contributed by atoms with Crippen molar-refractivity contribution in [2.75, 3.05) is 5.32 Å². The summed E-state index contributed by atoms with van der Waals surface area (Å²) in [5, 5.41) is 3.38. The van der Waals surface area contributed by atoms with Gasteiger partial charge in [-0.25, -0.2) is 4.39 Å². The molecule has 3 aromatic carbocycles. The van der Waals surface area contributed by atoms with E-state index >= 15 is 0 Å². The molecule has 0 aliphatic heterocycles. The molecule has 1 N–H and O–H groups in total.